The van der Waals surface area contributed by atoms with Crippen LogP contribution in [0.3, 0.4) is 0 Å². The van der Waals surface area contributed by atoms with E-state index in [9.17, 15) is 14.0 Å². The minimum absolute atomic E-state index is 0.0936. The summed E-state index contributed by atoms with van der Waals surface area (Å²) in [6.07, 6.45) is 1.99. The number of amides is 2. The van der Waals surface area contributed by atoms with Gasteiger partial charge >= 0.3 is 0 Å². The smallest absolute Gasteiger partial charge is 0.256 e. The van der Waals surface area contributed by atoms with Crippen molar-refractivity contribution in [2.45, 2.75) is 12.5 Å². The third-order valence-electron chi connectivity index (χ3n) is 6.16. The Labute approximate surface area is 198 Å². The van der Waals surface area contributed by atoms with Crippen LogP contribution in [0.1, 0.15) is 16.8 Å². The van der Waals surface area contributed by atoms with Gasteiger partial charge in [0.05, 0.1) is 21.8 Å². The van der Waals surface area contributed by atoms with Crippen LogP contribution in [0.4, 0.5) is 15.2 Å². The second-order valence-electron chi connectivity index (χ2n) is 8.06. The van der Waals surface area contributed by atoms with Crippen molar-refractivity contribution < 1.29 is 14.0 Å². The van der Waals surface area contributed by atoms with Crippen molar-refractivity contribution in [3.8, 4) is 11.1 Å². The largest absolute Gasteiger partial charge is 0.384 e. The molecule has 3 heterocycles. The highest BCUT2D eigenvalue weighted by Crippen LogP contribution is 2.40. The summed E-state index contributed by atoms with van der Waals surface area (Å²) >= 11 is 7.73. The summed E-state index contributed by atoms with van der Waals surface area (Å²) in [5.74, 6) is -0.652. The van der Waals surface area contributed by atoms with Crippen LogP contribution < -0.4 is 11.1 Å². The van der Waals surface area contributed by atoms with Crippen LogP contribution in [0.5, 0.6) is 0 Å². The van der Waals surface area contributed by atoms with Crippen LogP contribution in [0.2, 0.25) is 5.02 Å². The molecule has 3 N–H and O–H groups in total. The van der Waals surface area contributed by atoms with Gasteiger partial charge in [-0.3, -0.25) is 9.59 Å². The number of rotatable bonds is 2. The number of fused-ring (bicyclic) bond motifs is 3. The molecule has 2 aromatic carbocycles. The van der Waals surface area contributed by atoms with E-state index >= 15 is 0 Å². The van der Waals surface area contributed by atoms with E-state index in [1.54, 1.807) is 17.0 Å². The van der Waals surface area contributed by atoms with Crippen molar-refractivity contribution in [1.29, 1.82) is 0 Å². The number of benzene rings is 2. The Kier molecular flexibility index (Phi) is 5.46. The molecule has 0 unspecified atom stereocenters. The Balaban J connectivity index is 1.54. The number of thiazole rings is 1. The number of carbonyl (C=O) groups excluding carboxylic acids is 2. The van der Waals surface area contributed by atoms with Gasteiger partial charge in [0.1, 0.15) is 5.82 Å². The number of nitrogens with two attached hydrogens (primary N) is 1. The van der Waals surface area contributed by atoms with E-state index in [1.165, 1.54) is 12.1 Å². The lowest BCUT2D eigenvalue weighted by molar-refractivity contribution is -0.128. The topological polar surface area (TPSA) is 91.6 Å². The number of piperazine rings is 1. The minimum Gasteiger partial charge on any atom is -0.384 e. The zero-order valence-corrected chi connectivity index (χ0v) is 19.2. The van der Waals surface area contributed by atoms with Crippen molar-refractivity contribution in [1.82, 2.24) is 14.8 Å². The lowest BCUT2D eigenvalue weighted by Gasteiger charge is -2.42. The highest BCUT2D eigenvalue weighted by atomic mass is 35.5. The Morgan fingerprint density at radius 3 is 2.91 bits per heavy atom. The van der Waals surface area contributed by atoms with Crippen LogP contribution >= 0.6 is 22.9 Å². The van der Waals surface area contributed by atoms with Crippen LogP contribution in [-0.2, 0) is 4.79 Å². The lowest BCUT2D eigenvalue weighted by atomic mass is 9.97. The predicted molar refractivity (Wildman–Crippen MR) is 129 cm³/mol. The zero-order valence-electron chi connectivity index (χ0n) is 17.6. The molecule has 2 aliphatic rings. The van der Waals surface area contributed by atoms with E-state index in [-0.39, 0.29) is 23.0 Å². The molecular formula is C23H21ClFN5O2S. The maximum atomic E-state index is 14.3. The number of aromatic nitrogens is 1. The van der Waals surface area contributed by atoms with Gasteiger partial charge in [0.15, 0.2) is 5.13 Å². The fourth-order valence-electron chi connectivity index (χ4n) is 4.54. The molecule has 2 aliphatic heterocycles. The molecular weight excluding hydrogens is 465 g/mol. The summed E-state index contributed by atoms with van der Waals surface area (Å²) in [4.78, 5) is 33.3. The maximum absolute atomic E-state index is 14.3. The molecule has 1 fully saturated rings. The fourth-order valence-corrected chi connectivity index (χ4v) is 5.57. The van der Waals surface area contributed by atoms with Crippen LogP contribution in [0.25, 0.3) is 21.3 Å². The quantitative estimate of drug-likeness (QED) is 0.535. The molecule has 5 rings (SSSR count). The monoisotopic (exact) mass is 485 g/mol. The Morgan fingerprint density at radius 2 is 2.12 bits per heavy atom. The molecule has 1 atom stereocenters. The van der Waals surface area contributed by atoms with E-state index in [2.05, 4.69) is 16.9 Å². The number of nitrogens with zero attached hydrogens (tertiary/aromatic N) is 3. The molecule has 10 heteroatoms. The molecule has 2 amide bonds. The van der Waals surface area contributed by atoms with Crippen molar-refractivity contribution in [2.24, 2.45) is 0 Å². The maximum Gasteiger partial charge on any atom is 0.256 e. The number of hydrogen-bond donors (Lipinski definition) is 2. The number of nitrogen functional groups attached to an aromatic ring is 1. The summed E-state index contributed by atoms with van der Waals surface area (Å²) in [5, 5.41) is 3.97. The van der Waals surface area contributed by atoms with E-state index < -0.39 is 5.82 Å². The number of nitrogens with one attached hydrogen (secondary N) is 1. The summed E-state index contributed by atoms with van der Waals surface area (Å²) < 4.78 is 14.6. The molecule has 7 nitrogen and oxygen atoms in total. The molecule has 0 radical (unpaired) electrons. The third kappa shape index (κ3) is 3.71. The Morgan fingerprint density at radius 1 is 1.30 bits per heavy atom. The number of anilines is 2. The SMILES string of the molecule is C=CC(=O)N1CCN2C(=O)c3cc(Cl)c(-c4ccc(F)c5sc(N)nc45)cc3NCC[C@H]2C1. The first-order valence-electron chi connectivity index (χ1n) is 10.5. The van der Waals surface area contributed by atoms with Crippen molar-refractivity contribution in [2.75, 3.05) is 37.2 Å². The van der Waals surface area contributed by atoms with Gasteiger partial charge in [-0.05, 0) is 36.8 Å². The average Bonchev–Trinajstić information content (AvgIpc) is 3.20. The first-order chi connectivity index (χ1) is 15.9. The van der Waals surface area contributed by atoms with Gasteiger partial charge in [0.2, 0.25) is 5.91 Å². The second-order valence-corrected chi connectivity index (χ2v) is 9.50. The van der Waals surface area contributed by atoms with Crippen molar-refractivity contribution in [3.63, 3.8) is 0 Å². The molecule has 1 aromatic heterocycles. The van der Waals surface area contributed by atoms with Crippen molar-refractivity contribution in [3.05, 3.63) is 53.3 Å². The Hall–Kier alpha value is -3.17. The molecule has 170 valence electrons. The van der Waals surface area contributed by atoms with Gasteiger partial charge in [0, 0.05) is 48.0 Å². The van der Waals surface area contributed by atoms with Gasteiger partial charge in [0.25, 0.3) is 5.91 Å². The Bertz CT molecular complexity index is 1310. The van der Waals surface area contributed by atoms with Gasteiger partial charge in [-0.2, -0.15) is 0 Å². The zero-order chi connectivity index (χ0) is 23.3. The summed E-state index contributed by atoms with van der Waals surface area (Å²) in [6.45, 7) is 5.54. The molecule has 3 aromatic rings. The van der Waals surface area contributed by atoms with E-state index in [0.29, 0.717) is 70.2 Å². The first kappa shape index (κ1) is 21.7. The normalized spacial score (nSPS) is 18.2. The highest BCUT2D eigenvalue weighted by Gasteiger charge is 2.34. The highest BCUT2D eigenvalue weighted by molar-refractivity contribution is 7.22. The number of carbonyl (C=O) groups is 2. The number of halogens is 2. The molecule has 0 spiro atoms. The first-order valence-corrected chi connectivity index (χ1v) is 11.7. The molecule has 1 saturated heterocycles. The predicted octanol–water partition coefficient (Wildman–Crippen LogP) is 3.99. The molecule has 33 heavy (non-hydrogen) atoms. The van der Waals surface area contributed by atoms with Crippen LogP contribution in [0.15, 0.2) is 36.9 Å². The molecule has 0 bridgehead atoms. The van der Waals surface area contributed by atoms with Gasteiger partial charge < -0.3 is 20.9 Å². The van der Waals surface area contributed by atoms with Crippen LogP contribution in [0, 0.1) is 5.82 Å². The average molecular weight is 486 g/mol. The standard InChI is InChI=1S/C23H21ClFN5O2S/c1-2-19(31)29-7-8-30-12(11-29)5-6-27-18-10-14(16(24)9-15(18)22(30)32)13-3-4-17(25)21-20(13)28-23(26)33-21/h2-4,9-10,12,27H,1,5-8,11H2,(H2,26,28)/t12-/m0/s1. The molecule has 0 saturated carbocycles. The summed E-state index contributed by atoms with van der Waals surface area (Å²) in [5.41, 5.74) is 8.69. The van der Waals surface area contributed by atoms with E-state index in [4.69, 9.17) is 17.3 Å². The lowest BCUT2D eigenvalue weighted by Crippen LogP contribution is -2.57. The fraction of sp³-hybridized carbons (Fsp3) is 0.261. The van der Waals surface area contributed by atoms with Gasteiger partial charge in [-0.15, -0.1) is 0 Å². The minimum atomic E-state index is -0.390. The molecule has 0 aliphatic carbocycles. The second kappa shape index (κ2) is 8.31. The summed E-state index contributed by atoms with van der Waals surface area (Å²) in [6, 6.07) is 6.37. The van der Waals surface area contributed by atoms with Gasteiger partial charge in [-0.1, -0.05) is 29.5 Å². The summed E-state index contributed by atoms with van der Waals surface area (Å²) in [7, 11) is 0. The number of hydrogen-bond acceptors (Lipinski definition) is 6. The van der Waals surface area contributed by atoms with Gasteiger partial charge in [-0.25, -0.2) is 9.37 Å². The van der Waals surface area contributed by atoms with E-state index in [0.717, 1.165) is 11.3 Å². The van der Waals surface area contributed by atoms with Crippen molar-refractivity contribution >= 4 is 55.8 Å². The van der Waals surface area contributed by atoms with Crippen LogP contribution in [-0.4, -0.2) is 58.8 Å². The third-order valence-corrected chi connectivity index (χ3v) is 7.37. The van der Waals surface area contributed by atoms with E-state index in [1.807, 2.05) is 11.0 Å².